The Kier molecular flexibility index (Phi) is 5.57. The van der Waals surface area contributed by atoms with E-state index in [2.05, 4.69) is 34.4 Å². The zero-order valence-electron chi connectivity index (χ0n) is 18.3. The summed E-state index contributed by atoms with van der Waals surface area (Å²) >= 11 is 1.63. The molecule has 0 radical (unpaired) electrons. The largest absolute Gasteiger partial charge is 0.349 e. The zero-order valence-corrected chi connectivity index (χ0v) is 19.1. The van der Waals surface area contributed by atoms with Crippen LogP contribution in [0.5, 0.6) is 0 Å². The summed E-state index contributed by atoms with van der Waals surface area (Å²) in [6.07, 6.45) is 1.49. The predicted octanol–water partition coefficient (Wildman–Crippen LogP) is 4.78. The molecule has 0 bridgehead atoms. The number of anilines is 1. The van der Waals surface area contributed by atoms with Gasteiger partial charge in [0.25, 0.3) is 5.91 Å². The summed E-state index contributed by atoms with van der Waals surface area (Å²) in [6.45, 7) is 5.54. The first-order chi connectivity index (χ1) is 15.9. The van der Waals surface area contributed by atoms with Gasteiger partial charge in [-0.2, -0.15) is 10.1 Å². The van der Waals surface area contributed by atoms with Crippen LogP contribution in [0.3, 0.4) is 0 Å². The number of carbonyl (C=O) groups is 1. The molecule has 1 amide bonds. The summed E-state index contributed by atoms with van der Waals surface area (Å²) in [5.74, 6) is -2.37. The molecule has 0 spiro atoms. The van der Waals surface area contributed by atoms with Gasteiger partial charge >= 0.3 is 0 Å². The van der Waals surface area contributed by atoms with Crippen LogP contribution in [0.1, 0.15) is 34.5 Å². The first-order valence-corrected chi connectivity index (χ1v) is 11.6. The Labute approximate surface area is 193 Å². The molecule has 1 N–H and O–H groups in total. The third kappa shape index (κ3) is 4.20. The number of aromatic nitrogens is 3. The van der Waals surface area contributed by atoms with Crippen LogP contribution < -0.4 is 10.2 Å². The van der Waals surface area contributed by atoms with Gasteiger partial charge in [0.15, 0.2) is 22.4 Å². The summed E-state index contributed by atoms with van der Waals surface area (Å²) in [4.78, 5) is 19.5. The van der Waals surface area contributed by atoms with Gasteiger partial charge in [-0.25, -0.2) is 13.5 Å². The average molecular weight is 468 g/mol. The van der Waals surface area contributed by atoms with Gasteiger partial charge in [0, 0.05) is 24.7 Å². The Hall–Kier alpha value is -3.33. The SMILES string of the molecule is Cc1cccc(-n2nc(C)c3sc(N4CCC(NC(=O)c5ccc(F)c(F)c5)CC4)nc32)c1. The van der Waals surface area contributed by atoms with Gasteiger partial charge in [-0.3, -0.25) is 4.79 Å². The number of carbonyl (C=O) groups excluding carboxylic acids is 1. The summed E-state index contributed by atoms with van der Waals surface area (Å²) < 4.78 is 29.5. The smallest absolute Gasteiger partial charge is 0.251 e. The highest BCUT2D eigenvalue weighted by Crippen LogP contribution is 2.33. The van der Waals surface area contributed by atoms with E-state index in [4.69, 9.17) is 4.98 Å². The Balaban J connectivity index is 1.28. The summed E-state index contributed by atoms with van der Waals surface area (Å²) in [6, 6.07) is 11.4. The number of benzene rings is 2. The number of hydrogen-bond donors (Lipinski definition) is 1. The predicted molar refractivity (Wildman–Crippen MR) is 125 cm³/mol. The summed E-state index contributed by atoms with van der Waals surface area (Å²) in [7, 11) is 0. The van der Waals surface area contributed by atoms with E-state index in [1.165, 1.54) is 6.07 Å². The molecular weight excluding hydrogens is 444 g/mol. The number of piperidine rings is 1. The lowest BCUT2D eigenvalue weighted by atomic mass is 10.0. The van der Waals surface area contributed by atoms with Crippen molar-refractivity contribution in [2.24, 2.45) is 0 Å². The van der Waals surface area contributed by atoms with Crippen molar-refractivity contribution in [2.75, 3.05) is 18.0 Å². The molecule has 1 saturated heterocycles. The van der Waals surface area contributed by atoms with Crippen molar-refractivity contribution in [3.05, 3.63) is 70.9 Å². The Morgan fingerprint density at radius 3 is 2.61 bits per heavy atom. The van der Waals surface area contributed by atoms with Crippen LogP contribution in [-0.2, 0) is 0 Å². The van der Waals surface area contributed by atoms with Gasteiger partial charge in [0.2, 0.25) is 0 Å². The van der Waals surface area contributed by atoms with Gasteiger partial charge in [0.1, 0.15) is 0 Å². The third-order valence-electron chi connectivity index (χ3n) is 5.91. The van der Waals surface area contributed by atoms with E-state index >= 15 is 0 Å². The van der Waals surface area contributed by atoms with Crippen LogP contribution in [0.25, 0.3) is 16.0 Å². The first kappa shape index (κ1) is 21.5. The molecule has 4 aromatic rings. The highest BCUT2D eigenvalue weighted by Gasteiger charge is 2.25. The van der Waals surface area contributed by atoms with Gasteiger partial charge in [-0.1, -0.05) is 23.5 Å². The van der Waals surface area contributed by atoms with Crippen molar-refractivity contribution >= 4 is 32.7 Å². The molecule has 0 unspecified atom stereocenters. The van der Waals surface area contributed by atoms with Crippen LogP contribution in [0.2, 0.25) is 0 Å². The van der Waals surface area contributed by atoms with Crippen molar-refractivity contribution in [3.8, 4) is 5.69 Å². The molecule has 5 rings (SSSR count). The van der Waals surface area contributed by atoms with E-state index in [0.717, 1.165) is 70.5 Å². The highest BCUT2D eigenvalue weighted by molar-refractivity contribution is 7.22. The van der Waals surface area contributed by atoms with E-state index in [1.807, 2.05) is 23.7 Å². The van der Waals surface area contributed by atoms with Crippen molar-refractivity contribution in [3.63, 3.8) is 0 Å². The van der Waals surface area contributed by atoms with E-state index in [-0.39, 0.29) is 17.5 Å². The number of thiazole rings is 1. The number of hydrogen-bond acceptors (Lipinski definition) is 5. The second kappa shape index (κ2) is 8.55. The number of amides is 1. The molecule has 1 aliphatic heterocycles. The molecule has 1 fully saturated rings. The average Bonchev–Trinajstić information content (AvgIpc) is 3.37. The molecule has 9 heteroatoms. The van der Waals surface area contributed by atoms with Crippen LogP contribution in [0.15, 0.2) is 42.5 Å². The van der Waals surface area contributed by atoms with Crippen molar-refractivity contribution < 1.29 is 13.6 Å². The minimum Gasteiger partial charge on any atom is -0.349 e. The van der Waals surface area contributed by atoms with Gasteiger partial charge < -0.3 is 10.2 Å². The number of aryl methyl sites for hydroxylation is 2. The fourth-order valence-electron chi connectivity index (χ4n) is 4.12. The van der Waals surface area contributed by atoms with E-state index in [9.17, 15) is 13.6 Å². The van der Waals surface area contributed by atoms with Crippen molar-refractivity contribution in [2.45, 2.75) is 32.7 Å². The van der Waals surface area contributed by atoms with Gasteiger partial charge in [-0.05, 0) is 62.6 Å². The van der Waals surface area contributed by atoms with Crippen molar-refractivity contribution in [1.29, 1.82) is 0 Å². The molecule has 0 atom stereocenters. The van der Waals surface area contributed by atoms with E-state index in [0.29, 0.717) is 0 Å². The lowest BCUT2D eigenvalue weighted by molar-refractivity contribution is 0.0930. The second-order valence-electron chi connectivity index (χ2n) is 8.35. The van der Waals surface area contributed by atoms with Crippen LogP contribution >= 0.6 is 11.3 Å². The molecule has 3 heterocycles. The fourth-order valence-corrected chi connectivity index (χ4v) is 5.16. The molecule has 170 valence electrons. The molecule has 2 aromatic heterocycles. The number of halogens is 2. The normalized spacial score (nSPS) is 14.7. The fraction of sp³-hybridized carbons (Fsp3) is 0.292. The minimum atomic E-state index is -1.02. The second-order valence-corrected chi connectivity index (χ2v) is 9.33. The maximum atomic E-state index is 13.4. The quantitative estimate of drug-likeness (QED) is 0.469. The molecule has 2 aromatic carbocycles. The minimum absolute atomic E-state index is 0.0271. The summed E-state index contributed by atoms with van der Waals surface area (Å²) in [5.41, 5.74) is 4.08. The van der Waals surface area contributed by atoms with Crippen LogP contribution in [0.4, 0.5) is 13.9 Å². The highest BCUT2D eigenvalue weighted by atomic mass is 32.1. The lowest BCUT2D eigenvalue weighted by Crippen LogP contribution is -2.44. The number of rotatable bonds is 4. The third-order valence-corrected chi connectivity index (χ3v) is 7.12. The monoisotopic (exact) mass is 467 g/mol. The van der Waals surface area contributed by atoms with Crippen LogP contribution in [0, 0.1) is 25.5 Å². The standard InChI is InChI=1S/C24H23F2N5OS/c1-14-4-3-5-18(12-14)31-22-21(15(2)29-31)33-24(28-22)30-10-8-17(9-11-30)27-23(32)16-6-7-19(25)20(26)13-16/h3-7,12-13,17H,8-11H2,1-2H3,(H,27,32). The maximum absolute atomic E-state index is 13.4. The summed E-state index contributed by atoms with van der Waals surface area (Å²) in [5, 5.41) is 8.56. The van der Waals surface area contributed by atoms with Crippen LogP contribution in [-0.4, -0.2) is 39.8 Å². The molecule has 0 aliphatic carbocycles. The van der Waals surface area contributed by atoms with Crippen molar-refractivity contribution in [1.82, 2.24) is 20.1 Å². The molecule has 33 heavy (non-hydrogen) atoms. The maximum Gasteiger partial charge on any atom is 0.251 e. The number of fused-ring (bicyclic) bond motifs is 1. The first-order valence-electron chi connectivity index (χ1n) is 10.8. The molecule has 6 nitrogen and oxygen atoms in total. The van der Waals surface area contributed by atoms with Gasteiger partial charge in [0.05, 0.1) is 16.1 Å². The molecular formula is C24H23F2N5OS. The topological polar surface area (TPSA) is 63.1 Å². The van der Waals surface area contributed by atoms with Gasteiger partial charge in [-0.15, -0.1) is 0 Å². The molecule has 1 aliphatic rings. The van der Waals surface area contributed by atoms with E-state index < -0.39 is 11.6 Å². The number of nitrogens with one attached hydrogen (secondary N) is 1. The zero-order chi connectivity index (χ0) is 23.1. The number of nitrogens with zero attached hydrogens (tertiary/aromatic N) is 4. The molecule has 0 saturated carbocycles. The Morgan fingerprint density at radius 1 is 1.09 bits per heavy atom. The Bertz CT molecular complexity index is 1340. The lowest BCUT2D eigenvalue weighted by Gasteiger charge is -2.32. The Morgan fingerprint density at radius 2 is 1.88 bits per heavy atom. The van der Waals surface area contributed by atoms with E-state index in [1.54, 1.807) is 11.3 Å².